The lowest BCUT2D eigenvalue weighted by Crippen LogP contribution is -2.39. The van der Waals surface area contributed by atoms with Crippen LogP contribution in [0.3, 0.4) is 0 Å². The van der Waals surface area contributed by atoms with Gasteiger partial charge in [-0.1, -0.05) is 5.21 Å². The van der Waals surface area contributed by atoms with Crippen molar-refractivity contribution in [3.8, 4) is 0 Å². The van der Waals surface area contributed by atoms with Crippen LogP contribution in [0.25, 0.3) is 0 Å². The van der Waals surface area contributed by atoms with Gasteiger partial charge in [-0.05, 0) is 7.05 Å². The molecule has 4 N–H and O–H groups in total. The minimum Gasteiger partial charge on any atom is -0.480 e. The molecule has 11 nitrogen and oxygen atoms in total. The van der Waals surface area contributed by atoms with Gasteiger partial charge >= 0.3 is 12.0 Å². The highest BCUT2D eigenvalue weighted by molar-refractivity contribution is 7.89. The van der Waals surface area contributed by atoms with E-state index in [1.54, 1.807) is 0 Å². The smallest absolute Gasteiger partial charge is 0.325 e. The van der Waals surface area contributed by atoms with E-state index in [2.05, 4.69) is 25.7 Å². The molecule has 12 heteroatoms. The highest BCUT2D eigenvalue weighted by atomic mass is 32.2. The Labute approximate surface area is 120 Å². The molecule has 0 aromatic carbocycles. The molecule has 1 rings (SSSR count). The molecule has 0 aliphatic carbocycles. The van der Waals surface area contributed by atoms with Crippen molar-refractivity contribution in [2.24, 2.45) is 0 Å². The molecule has 2 amide bonds. The van der Waals surface area contributed by atoms with Gasteiger partial charge in [0.1, 0.15) is 12.2 Å². The number of amides is 2. The van der Waals surface area contributed by atoms with Gasteiger partial charge in [0.25, 0.3) is 0 Å². The maximum Gasteiger partial charge on any atom is 0.325 e. The van der Waals surface area contributed by atoms with Gasteiger partial charge in [0.15, 0.2) is 0 Å². The zero-order valence-electron chi connectivity index (χ0n) is 11.2. The minimum absolute atomic E-state index is 0.0410. The molecule has 21 heavy (non-hydrogen) atoms. The van der Waals surface area contributed by atoms with Gasteiger partial charge in [0.05, 0.1) is 18.5 Å². The van der Waals surface area contributed by atoms with Crippen LogP contribution in [-0.2, 0) is 27.9 Å². The number of aliphatic carboxylic acids is 1. The van der Waals surface area contributed by atoms with Crippen LogP contribution in [0, 0.1) is 0 Å². The Balaban J connectivity index is 2.30. The fourth-order valence-electron chi connectivity index (χ4n) is 1.27. The number of nitrogens with zero attached hydrogens (tertiary/aromatic N) is 3. The summed E-state index contributed by atoms with van der Waals surface area (Å²) in [7, 11) is -2.08. The van der Waals surface area contributed by atoms with Gasteiger partial charge < -0.3 is 15.7 Å². The van der Waals surface area contributed by atoms with Crippen molar-refractivity contribution >= 4 is 22.0 Å². The summed E-state index contributed by atoms with van der Waals surface area (Å²) in [5.41, 5.74) is 0.384. The molecular formula is C9H16N6O5S. The number of carboxylic acid groups (broad SMARTS) is 1. The zero-order valence-corrected chi connectivity index (χ0v) is 12.1. The Bertz CT molecular complexity index is 598. The van der Waals surface area contributed by atoms with Crippen molar-refractivity contribution in [3.63, 3.8) is 0 Å². The topological polar surface area (TPSA) is 155 Å². The molecule has 0 saturated heterocycles. The fourth-order valence-corrected chi connectivity index (χ4v) is 1.84. The van der Waals surface area contributed by atoms with E-state index in [-0.39, 0.29) is 25.4 Å². The van der Waals surface area contributed by atoms with Crippen molar-refractivity contribution in [3.05, 3.63) is 11.9 Å². The molecule has 0 bridgehead atoms. The molecule has 0 fully saturated rings. The summed E-state index contributed by atoms with van der Waals surface area (Å²) in [4.78, 5) is 21.8. The van der Waals surface area contributed by atoms with E-state index >= 15 is 0 Å². The molecule has 0 aliphatic rings. The van der Waals surface area contributed by atoms with Crippen molar-refractivity contribution in [2.45, 2.75) is 13.1 Å². The standard InChI is InChI=1S/C9H16N6O5S/c1-10-21(19,20)3-2-11-9(18)12-4-7-5-15(14-13-7)6-8(16)17/h5,10H,2-4,6H2,1H3,(H,16,17)(H2,11,12,18). The van der Waals surface area contributed by atoms with Crippen LogP contribution in [0.15, 0.2) is 6.20 Å². The van der Waals surface area contributed by atoms with Crippen molar-refractivity contribution in [1.82, 2.24) is 30.3 Å². The Kier molecular flexibility index (Phi) is 6.05. The first-order valence-corrected chi connectivity index (χ1v) is 7.51. The van der Waals surface area contributed by atoms with E-state index in [0.29, 0.717) is 5.69 Å². The molecule has 0 spiro atoms. The number of aromatic nitrogens is 3. The van der Waals surface area contributed by atoms with Crippen LogP contribution in [0.2, 0.25) is 0 Å². The number of nitrogens with one attached hydrogen (secondary N) is 3. The molecule has 0 aliphatic heterocycles. The Hall–Kier alpha value is -2.21. The lowest BCUT2D eigenvalue weighted by molar-refractivity contribution is -0.137. The molecule has 1 aromatic rings. The predicted octanol–water partition coefficient (Wildman–Crippen LogP) is -2.29. The number of sulfonamides is 1. The molecule has 118 valence electrons. The van der Waals surface area contributed by atoms with Gasteiger partial charge in [-0.2, -0.15) is 0 Å². The second kappa shape index (κ2) is 7.54. The monoisotopic (exact) mass is 320 g/mol. The second-order valence-corrected chi connectivity index (χ2v) is 5.98. The number of hydrogen-bond acceptors (Lipinski definition) is 6. The third kappa shape index (κ3) is 6.67. The number of carbonyl (C=O) groups is 2. The Morgan fingerprint density at radius 2 is 2.10 bits per heavy atom. The van der Waals surface area contributed by atoms with Crippen LogP contribution in [0.5, 0.6) is 0 Å². The molecule has 0 unspecified atom stereocenters. The largest absolute Gasteiger partial charge is 0.480 e. The Morgan fingerprint density at radius 3 is 2.71 bits per heavy atom. The second-order valence-electron chi connectivity index (χ2n) is 3.93. The molecule has 0 saturated carbocycles. The molecule has 0 atom stereocenters. The third-order valence-electron chi connectivity index (χ3n) is 2.28. The lowest BCUT2D eigenvalue weighted by atomic mass is 10.5. The van der Waals surface area contributed by atoms with Crippen LogP contribution in [-0.4, -0.2) is 59.9 Å². The summed E-state index contributed by atoms with van der Waals surface area (Å²) in [5.74, 6) is -1.28. The summed E-state index contributed by atoms with van der Waals surface area (Å²) in [6.07, 6.45) is 1.39. The summed E-state index contributed by atoms with van der Waals surface area (Å²) >= 11 is 0. The van der Waals surface area contributed by atoms with Gasteiger partial charge in [-0.25, -0.2) is 22.6 Å². The first-order valence-electron chi connectivity index (χ1n) is 5.86. The van der Waals surface area contributed by atoms with E-state index in [1.807, 2.05) is 0 Å². The van der Waals surface area contributed by atoms with Gasteiger partial charge in [0.2, 0.25) is 10.0 Å². The highest BCUT2D eigenvalue weighted by Crippen LogP contribution is 1.92. The number of carbonyl (C=O) groups excluding carboxylic acids is 1. The van der Waals surface area contributed by atoms with Crippen molar-refractivity contribution < 1.29 is 23.1 Å². The summed E-state index contributed by atoms with van der Waals surface area (Å²) in [6.45, 7) is -0.313. The van der Waals surface area contributed by atoms with Crippen LogP contribution in [0.4, 0.5) is 4.79 Å². The van der Waals surface area contributed by atoms with Gasteiger partial charge in [-0.15, -0.1) is 5.10 Å². The fraction of sp³-hybridized carbons (Fsp3) is 0.556. The lowest BCUT2D eigenvalue weighted by Gasteiger charge is -2.06. The van der Waals surface area contributed by atoms with E-state index in [4.69, 9.17) is 5.11 Å². The van der Waals surface area contributed by atoms with Crippen molar-refractivity contribution in [1.29, 1.82) is 0 Å². The quantitative estimate of drug-likeness (QED) is 0.420. The van der Waals surface area contributed by atoms with E-state index in [1.165, 1.54) is 13.2 Å². The predicted molar refractivity (Wildman–Crippen MR) is 70.7 cm³/mol. The maximum atomic E-state index is 11.4. The maximum absolute atomic E-state index is 11.4. The number of hydrogen-bond donors (Lipinski definition) is 4. The average Bonchev–Trinajstić information content (AvgIpc) is 2.83. The molecule has 1 aromatic heterocycles. The third-order valence-corrected chi connectivity index (χ3v) is 3.64. The average molecular weight is 320 g/mol. The van der Waals surface area contributed by atoms with E-state index < -0.39 is 22.0 Å². The van der Waals surface area contributed by atoms with Crippen molar-refractivity contribution in [2.75, 3.05) is 19.3 Å². The normalized spacial score (nSPS) is 11.1. The SMILES string of the molecule is CNS(=O)(=O)CCNC(=O)NCc1cn(CC(=O)O)nn1. The van der Waals surface area contributed by atoms with Crippen LogP contribution in [0.1, 0.15) is 5.69 Å². The molecule has 1 heterocycles. The van der Waals surface area contributed by atoms with Crippen LogP contribution < -0.4 is 15.4 Å². The highest BCUT2D eigenvalue weighted by Gasteiger charge is 2.09. The zero-order chi connectivity index (χ0) is 15.9. The van der Waals surface area contributed by atoms with Gasteiger partial charge in [-0.3, -0.25) is 4.79 Å². The van der Waals surface area contributed by atoms with Gasteiger partial charge in [0, 0.05) is 6.54 Å². The van der Waals surface area contributed by atoms with Crippen LogP contribution >= 0.6 is 0 Å². The summed E-state index contributed by atoms with van der Waals surface area (Å²) < 4.78 is 25.4. The Morgan fingerprint density at radius 1 is 1.38 bits per heavy atom. The number of urea groups is 1. The summed E-state index contributed by atoms with van der Waals surface area (Å²) in [6, 6.07) is -0.561. The first kappa shape index (κ1) is 16.8. The molecule has 0 radical (unpaired) electrons. The minimum atomic E-state index is -3.36. The number of carboxylic acids is 1. The summed E-state index contributed by atoms with van der Waals surface area (Å²) in [5, 5.41) is 20.6. The van der Waals surface area contributed by atoms with E-state index in [0.717, 1.165) is 4.68 Å². The molecular weight excluding hydrogens is 304 g/mol. The number of rotatable bonds is 8. The first-order chi connectivity index (χ1) is 9.82. The van der Waals surface area contributed by atoms with E-state index in [9.17, 15) is 18.0 Å².